The van der Waals surface area contributed by atoms with Gasteiger partial charge in [-0.2, -0.15) is 0 Å². The molecule has 0 spiro atoms. The number of anilines is 1. The number of nitrogens with one attached hydrogen (secondary N) is 1. The molecule has 3 aromatic rings. The maximum Gasteiger partial charge on any atom is 0.278 e. The van der Waals surface area contributed by atoms with Crippen LogP contribution in [0.4, 0.5) is 5.69 Å². The van der Waals surface area contributed by atoms with Gasteiger partial charge in [0.15, 0.2) is 5.16 Å². The molecule has 6 nitrogen and oxygen atoms in total. The zero-order chi connectivity index (χ0) is 21.1. The van der Waals surface area contributed by atoms with Crippen molar-refractivity contribution in [3.63, 3.8) is 0 Å². The van der Waals surface area contributed by atoms with E-state index in [2.05, 4.69) is 4.98 Å². The number of fused-ring (bicyclic) bond motifs is 1. The number of aromatic nitrogens is 3. The molecule has 1 amide bonds. The molecular weight excluding hydrogens is 384 g/mol. The number of aromatic amines is 1. The summed E-state index contributed by atoms with van der Waals surface area (Å²) < 4.78 is 1.71. The Morgan fingerprint density at radius 1 is 1.28 bits per heavy atom. The lowest BCUT2D eigenvalue weighted by atomic mass is 10.2. The fourth-order valence-corrected chi connectivity index (χ4v) is 4.34. The number of carbonyl (C=O) groups excluding carboxylic acids is 1. The van der Waals surface area contributed by atoms with Crippen molar-refractivity contribution in [3.8, 4) is 0 Å². The second-order valence-electron chi connectivity index (χ2n) is 7.31. The van der Waals surface area contributed by atoms with Crippen LogP contribution in [-0.2, 0) is 4.79 Å². The molecule has 1 atom stereocenters. The molecule has 154 valence electrons. The van der Waals surface area contributed by atoms with E-state index >= 15 is 0 Å². The number of aryl methyl sites for hydroxylation is 2. The van der Waals surface area contributed by atoms with Crippen molar-refractivity contribution in [1.82, 2.24) is 14.5 Å². The van der Waals surface area contributed by atoms with Crippen LogP contribution in [0.5, 0.6) is 0 Å². The molecule has 1 N–H and O–H groups in total. The summed E-state index contributed by atoms with van der Waals surface area (Å²) in [5, 5.41) is 0.587. The topological polar surface area (TPSA) is 71.0 Å². The Balaban J connectivity index is 1.91. The molecule has 29 heavy (non-hydrogen) atoms. The first kappa shape index (κ1) is 21.2. The first-order chi connectivity index (χ1) is 13.8. The maximum atomic E-state index is 13.0. The highest BCUT2D eigenvalue weighted by atomic mass is 32.2. The average molecular weight is 413 g/mol. The van der Waals surface area contributed by atoms with Crippen LogP contribution in [0.3, 0.4) is 0 Å². The summed E-state index contributed by atoms with van der Waals surface area (Å²) in [6.07, 6.45) is 0.804. The van der Waals surface area contributed by atoms with Crippen LogP contribution in [0.2, 0.25) is 0 Å². The summed E-state index contributed by atoms with van der Waals surface area (Å²) in [7, 11) is 0. The molecule has 0 saturated carbocycles. The third kappa shape index (κ3) is 4.40. The Hall–Kier alpha value is -2.54. The van der Waals surface area contributed by atoms with Gasteiger partial charge in [-0.1, -0.05) is 30.8 Å². The van der Waals surface area contributed by atoms with Crippen molar-refractivity contribution in [3.05, 3.63) is 51.9 Å². The lowest BCUT2D eigenvalue weighted by Crippen LogP contribution is -2.33. The number of carbonyl (C=O) groups is 1. The van der Waals surface area contributed by atoms with Crippen molar-refractivity contribution >= 4 is 34.4 Å². The molecule has 0 radical (unpaired) electrons. The predicted octanol–water partition coefficient (Wildman–Crippen LogP) is 4.46. The molecule has 2 heterocycles. The van der Waals surface area contributed by atoms with Crippen molar-refractivity contribution in [2.45, 2.75) is 52.2 Å². The van der Waals surface area contributed by atoms with E-state index in [4.69, 9.17) is 4.98 Å². The number of H-pyrrole nitrogens is 1. The van der Waals surface area contributed by atoms with Gasteiger partial charge in [-0.3, -0.25) is 14.2 Å². The van der Waals surface area contributed by atoms with Crippen LogP contribution < -0.4 is 10.5 Å². The van der Waals surface area contributed by atoms with Crippen LogP contribution >= 0.6 is 11.8 Å². The average Bonchev–Trinajstić information content (AvgIpc) is 3.07. The maximum absolute atomic E-state index is 13.0. The molecule has 0 unspecified atom stereocenters. The third-order valence-electron chi connectivity index (χ3n) is 5.07. The zero-order valence-electron chi connectivity index (χ0n) is 17.7. The van der Waals surface area contributed by atoms with E-state index in [9.17, 15) is 9.59 Å². The normalized spacial score (nSPS) is 12.3. The standard InChI is InChI=1S/C22H28N4O2S/c1-6-16(5)26-21(28)20-18(12-15(4)23-20)24-22(26)29-13-19(27)25(7-2)17-10-8-9-14(3)11-17/h8-12,16,23H,6-7,13H2,1-5H3/t16-/m0/s1. The number of rotatable bonds is 7. The van der Waals surface area contributed by atoms with Gasteiger partial charge in [-0.15, -0.1) is 0 Å². The first-order valence-corrected chi connectivity index (χ1v) is 11.0. The van der Waals surface area contributed by atoms with E-state index in [1.54, 1.807) is 9.47 Å². The summed E-state index contributed by atoms with van der Waals surface area (Å²) in [6.45, 7) is 10.5. The minimum absolute atomic E-state index is 0.000315. The fraction of sp³-hybridized carbons (Fsp3) is 0.409. The summed E-state index contributed by atoms with van der Waals surface area (Å²) in [5.74, 6) is 0.220. The molecule has 0 fully saturated rings. The second kappa shape index (κ2) is 8.86. The largest absolute Gasteiger partial charge is 0.353 e. The third-order valence-corrected chi connectivity index (χ3v) is 6.01. The fourth-order valence-electron chi connectivity index (χ4n) is 3.37. The first-order valence-electron chi connectivity index (χ1n) is 9.97. The van der Waals surface area contributed by atoms with Crippen LogP contribution in [0, 0.1) is 13.8 Å². The number of hydrogen-bond donors (Lipinski definition) is 1. The molecule has 2 aromatic heterocycles. The highest BCUT2D eigenvalue weighted by Gasteiger charge is 2.20. The Morgan fingerprint density at radius 3 is 2.69 bits per heavy atom. The molecule has 3 rings (SSSR count). The van der Waals surface area contributed by atoms with E-state index in [-0.39, 0.29) is 23.3 Å². The Bertz CT molecular complexity index is 1090. The Kier molecular flexibility index (Phi) is 6.47. The Morgan fingerprint density at radius 2 is 2.03 bits per heavy atom. The minimum Gasteiger partial charge on any atom is -0.353 e. The van der Waals surface area contributed by atoms with Crippen LogP contribution in [0.1, 0.15) is 44.5 Å². The SMILES string of the molecule is CC[C@H](C)n1c(SCC(=O)N(CC)c2cccc(C)c2)nc2cc(C)[nH]c2c1=O. The molecule has 0 saturated heterocycles. The number of hydrogen-bond acceptors (Lipinski definition) is 4. The summed E-state index contributed by atoms with van der Waals surface area (Å²) in [5.41, 5.74) is 3.99. The smallest absolute Gasteiger partial charge is 0.278 e. The van der Waals surface area contributed by atoms with E-state index < -0.39 is 0 Å². The van der Waals surface area contributed by atoms with Gasteiger partial charge in [0.1, 0.15) is 5.52 Å². The van der Waals surface area contributed by atoms with Crippen molar-refractivity contribution in [1.29, 1.82) is 0 Å². The summed E-state index contributed by atoms with van der Waals surface area (Å²) in [4.78, 5) is 35.6. The zero-order valence-corrected chi connectivity index (χ0v) is 18.5. The van der Waals surface area contributed by atoms with Gasteiger partial charge >= 0.3 is 0 Å². The van der Waals surface area contributed by atoms with E-state index in [0.717, 1.165) is 23.4 Å². The molecule has 0 aliphatic heterocycles. The van der Waals surface area contributed by atoms with Gasteiger partial charge in [0.25, 0.3) is 5.56 Å². The quantitative estimate of drug-likeness (QED) is 0.459. The molecule has 7 heteroatoms. The van der Waals surface area contributed by atoms with E-state index in [1.807, 2.05) is 65.0 Å². The predicted molar refractivity (Wildman–Crippen MR) is 120 cm³/mol. The number of thioether (sulfide) groups is 1. The highest BCUT2D eigenvalue weighted by molar-refractivity contribution is 7.99. The monoisotopic (exact) mass is 412 g/mol. The number of amides is 1. The second-order valence-corrected chi connectivity index (χ2v) is 8.25. The summed E-state index contributed by atoms with van der Waals surface area (Å²) in [6, 6.07) is 9.79. The van der Waals surface area contributed by atoms with E-state index in [0.29, 0.717) is 22.7 Å². The van der Waals surface area contributed by atoms with Crippen LogP contribution in [0.25, 0.3) is 11.0 Å². The molecule has 0 bridgehead atoms. The van der Waals surface area contributed by atoms with Crippen molar-refractivity contribution < 1.29 is 4.79 Å². The van der Waals surface area contributed by atoms with Gasteiger partial charge in [-0.05, 0) is 57.9 Å². The summed E-state index contributed by atoms with van der Waals surface area (Å²) >= 11 is 1.33. The van der Waals surface area contributed by atoms with Gasteiger partial charge in [0, 0.05) is 24.0 Å². The number of benzene rings is 1. The molecule has 0 aliphatic rings. The lowest BCUT2D eigenvalue weighted by molar-refractivity contribution is -0.116. The highest BCUT2D eigenvalue weighted by Crippen LogP contribution is 2.24. The number of nitrogens with zero attached hydrogens (tertiary/aromatic N) is 3. The minimum atomic E-state index is -0.0848. The van der Waals surface area contributed by atoms with E-state index in [1.165, 1.54) is 11.8 Å². The van der Waals surface area contributed by atoms with Crippen LogP contribution in [0.15, 0.2) is 40.3 Å². The van der Waals surface area contributed by atoms with Crippen LogP contribution in [-0.4, -0.2) is 32.7 Å². The van der Waals surface area contributed by atoms with Gasteiger partial charge in [0.2, 0.25) is 5.91 Å². The molecule has 0 aliphatic carbocycles. The molecule has 1 aromatic carbocycles. The van der Waals surface area contributed by atoms with Gasteiger partial charge in [0.05, 0.1) is 11.3 Å². The van der Waals surface area contributed by atoms with Crippen molar-refractivity contribution in [2.24, 2.45) is 0 Å². The lowest BCUT2D eigenvalue weighted by Gasteiger charge is -2.22. The Labute approximate surface area is 175 Å². The van der Waals surface area contributed by atoms with Gasteiger partial charge < -0.3 is 9.88 Å². The van der Waals surface area contributed by atoms with Crippen molar-refractivity contribution in [2.75, 3.05) is 17.2 Å². The van der Waals surface area contributed by atoms with Gasteiger partial charge in [-0.25, -0.2) is 4.98 Å². The molecular formula is C22H28N4O2S.